The van der Waals surface area contributed by atoms with Gasteiger partial charge in [0, 0.05) is 5.69 Å². The van der Waals surface area contributed by atoms with E-state index < -0.39 is 5.97 Å². The Labute approximate surface area is 104 Å². The van der Waals surface area contributed by atoms with E-state index in [9.17, 15) is 4.79 Å². The van der Waals surface area contributed by atoms with Crippen molar-refractivity contribution in [3.05, 3.63) is 35.5 Å². The Morgan fingerprint density at radius 1 is 1.33 bits per heavy atom. The van der Waals surface area contributed by atoms with Gasteiger partial charge in [-0.2, -0.15) is 5.21 Å². The predicted octanol–water partition coefficient (Wildman–Crippen LogP) is 2.03. The number of carbonyl (C=O) groups excluding carboxylic acids is 1. The summed E-state index contributed by atoms with van der Waals surface area (Å²) >= 11 is 0. The number of nitrogens with one attached hydrogen (secondary N) is 2. The molecule has 0 aliphatic carbocycles. The van der Waals surface area contributed by atoms with Crippen molar-refractivity contribution in [1.29, 1.82) is 0 Å². The van der Waals surface area contributed by atoms with Crippen LogP contribution in [0.1, 0.15) is 23.0 Å². The van der Waals surface area contributed by atoms with Gasteiger partial charge < -0.3 is 10.1 Å². The number of esters is 1. The molecule has 0 bridgehead atoms. The molecule has 18 heavy (non-hydrogen) atoms. The zero-order chi connectivity index (χ0) is 13.0. The topological polar surface area (TPSA) is 79.9 Å². The first kappa shape index (κ1) is 12.1. The molecule has 2 aromatic rings. The molecule has 0 saturated carbocycles. The number of rotatable bonds is 4. The first-order chi connectivity index (χ1) is 8.70. The van der Waals surface area contributed by atoms with Gasteiger partial charge in [-0.05, 0) is 26.0 Å². The van der Waals surface area contributed by atoms with E-state index in [-0.39, 0.29) is 5.69 Å². The summed E-state index contributed by atoms with van der Waals surface area (Å²) in [6.07, 6.45) is 0. The van der Waals surface area contributed by atoms with Crippen LogP contribution in [0, 0.1) is 6.92 Å². The molecule has 2 N–H and O–H groups in total. The molecule has 0 unspecified atom stereocenters. The minimum absolute atomic E-state index is 0.150. The van der Waals surface area contributed by atoms with Crippen LogP contribution in [0.2, 0.25) is 0 Å². The fourth-order valence-corrected chi connectivity index (χ4v) is 1.43. The second-order valence-corrected chi connectivity index (χ2v) is 3.73. The molecule has 6 nitrogen and oxygen atoms in total. The maximum absolute atomic E-state index is 11.6. The Kier molecular flexibility index (Phi) is 3.57. The number of nitrogens with zero attached hydrogens (tertiary/aromatic N) is 2. The third kappa shape index (κ3) is 2.65. The van der Waals surface area contributed by atoms with Crippen LogP contribution in [-0.2, 0) is 4.74 Å². The third-order valence-corrected chi connectivity index (χ3v) is 2.33. The lowest BCUT2D eigenvalue weighted by Crippen LogP contribution is -2.08. The molecule has 0 aliphatic rings. The lowest BCUT2D eigenvalue weighted by molar-refractivity contribution is 0.0520. The van der Waals surface area contributed by atoms with Crippen LogP contribution in [0.25, 0.3) is 0 Å². The van der Waals surface area contributed by atoms with Crippen molar-refractivity contribution in [1.82, 2.24) is 15.4 Å². The largest absolute Gasteiger partial charge is 0.461 e. The summed E-state index contributed by atoms with van der Waals surface area (Å²) in [6, 6.07) is 7.73. The maximum atomic E-state index is 11.6. The number of anilines is 2. The molecule has 1 aromatic heterocycles. The molecular weight excluding hydrogens is 232 g/mol. The molecular formula is C12H14N4O2. The fraction of sp³-hybridized carbons (Fsp3) is 0.250. The first-order valence-corrected chi connectivity index (χ1v) is 5.62. The van der Waals surface area contributed by atoms with E-state index >= 15 is 0 Å². The van der Waals surface area contributed by atoms with Crippen molar-refractivity contribution in [2.75, 3.05) is 11.9 Å². The van der Waals surface area contributed by atoms with Gasteiger partial charge in [0.2, 0.25) is 5.69 Å². The predicted molar refractivity (Wildman–Crippen MR) is 66.8 cm³/mol. The molecule has 0 atom stereocenters. The smallest absolute Gasteiger partial charge is 0.362 e. The van der Waals surface area contributed by atoms with E-state index in [1.807, 2.05) is 31.2 Å². The first-order valence-electron chi connectivity index (χ1n) is 5.62. The van der Waals surface area contributed by atoms with Crippen molar-refractivity contribution < 1.29 is 9.53 Å². The van der Waals surface area contributed by atoms with Gasteiger partial charge in [0.15, 0.2) is 5.82 Å². The minimum Gasteiger partial charge on any atom is -0.461 e. The lowest BCUT2D eigenvalue weighted by Gasteiger charge is -2.04. The van der Waals surface area contributed by atoms with E-state index in [0.29, 0.717) is 12.4 Å². The molecule has 1 aromatic carbocycles. The fourth-order valence-electron chi connectivity index (χ4n) is 1.43. The summed E-state index contributed by atoms with van der Waals surface area (Å²) < 4.78 is 4.88. The average Bonchev–Trinajstić information content (AvgIpc) is 2.81. The number of ether oxygens (including phenoxy) is 1. The minimum atomic E-state index is -0.499. The molecule has 0 spiro atoms. The molecule has 0 aliphatic heterocycles. The molecule has 0 radical (unpaired) electrons. The van der Waals surface area contributed by atoms with Crippen molar-refractivity contribution in [3.8, 4) is 0 Å². The van der Waals surface area contributed by atoms with Gasteiger partial charge >= 0.3 is 5.97 Å². The SMILES string of the molecule is CCOC(=O)c1n[nH]nc1Nc1ccc(C)cc1. The van der Waals surface area contributed by atoms with E-state index in [0.717, 1.165) is 11.3 Å². The Morgan fingerprint density at radius 2 is 2.06 bits per heavy atom. The molecule has 6 heteroatoms. The molecule has 1 heterocycles. The highest BCUT2D eigenvalue weighted by atomic mass is 16.5. The van der Waals surface area contributed by atoms with E-state index in [4.69, 9.17) is 4.74 Å². The highest BCUT2D eigenvalue weighted by Gasteiger charge is 2.17. The van der Waals surface area contributed by atoms with Crippen molar-refractivity contribution in [3.63, 3.8) is 0 Å². The van der Waals surface area contributed by atoms with Crippen LogP contribution in [0.4, 0.5) is 11.5 Å². The maximum Gasteiger partial charge on any atom is 0.362 e. The number of carbonyl (C=O) groups is 1. The summed E-state index contributed by atoms with van der Waals surface area (Å²) in [5.41, 5.74) is 2.14. The number of hydrogen-bond donors (Lipinski definition) is 2. The Morgan fingerprint density at radius 3 is 2.72 bits per heavy atom. The number of aryl methyl sites for hydroxylation is 1. The summed E-state index contributed by atoms with van der Waals surface area (Å²) in [7, 11) is 0. The zero-order valence-electron chi connectivity index (χ0n) is 10.2. The van der Waals surface area contributed by atoms with Gasteiger partial charge in [-0.1, -0.05) is 17.7 Å². The number of H-pyrrole nitrogens is 1. The van der Waals surface area contributed by atoms with Gasteiger partial charge in [-0.25, -0.2) is 4.79 Å². The molecule has 0 amide bonds. The summed E-state index contributed by atoms with van der Waals surface area (Å²) in [5.74, 6) is -0.141. The molecule has 0 fully saturated rings. The van der Waals surface area contributed by atoms with Crippen LogP contribution in [0.3, 0.4) is 0 Å². The average molecular weight is 246 g/mol. The van der Waals surface area contributed by atoms with Crippen LogP contribution in [0.5, 0.6) is 0 Å². The molecule has 2 rings (SSSR count). The summed E-state index contributed by atoms with van der Waals surface area (Å²) in [4.78, 5) is 11.6. The quantitative estimate of drug-likeness (QED) is 0.807. The zero-order valence-corrected chi connectivity index (χ0v) is 10.2. The van der Waals surface area contributed by atoms with Crippen LogP contribution in [0.15, 0.2) is 24.3 Å². The van der Waals surface area contributed by atoms with Crippen molar-refractivity contribution in [2.45, 2.75) is 13.8 Å². The highest BCUT2D eigenvalue weighted by molar-refractivity contribution is 5.93. The Balaban J connectivity index is 2.17. The van der Waals surface area contributed by atoms with Crippen molar-refractivity contribution >= 4 is 17.5 Å². The van der Waals surface area contributed by atoms with E-state index in [2.05, 4.69) is 20.7 Å². The van der Waals surface area contributed by atoms with Crippen LogP contribution >= 0.6 is 0 Å². The van der Waals surface area contributed by atoms with Gasteiger partial charge in [0.1, 0.15) is 0 Å². The second-order valence-electron chi connectivity index (χ2n) is 3.73. The number of benzene rings is 1. The molecule has 0 saturated heterocycles. The third-order valence-electron chi connectivity index (χ3n) is 2.33. The van der Waals surface area contributed by atoms with Crippen LogP contribution in [-0.4, -0.2) is 28.0 Å². The van der Waals surface area contributed by atoms with Crippen molar-refractivity contribution in [2.24, 2.45) is 0 Å². The van der Waals surface area contributed by atoms with Crippen LogP contribution < -0.4 is 5.32 Å². The Bertz CT molecular complexity index is 533. The standard InChI is InChI=1S/C12H14N4O2/c1-3-18-12(17)10-11(15-16-14-10)13-9-6-4-8(2)5-7-9/h4-7H,3H2,1-2H3,(H2,13,14,15,16). The Hall–Kier alpha value is -2.37. The van der Waals surface area contributed by atoms with Gasteiger partial charge in [-0.15, -0.1) is 10.2 Å². The van der Waals surface area contributed by atoms with E-state index in [1.54, 1.807) is 6.92 Å². The summed E-state index contributed by atoms with van der Waals surface area (Å²) in [5, 5.41) is 13.1. The van der Waals surface area contributed by atoms with E-state index in [1.165, 1.54) is 0 Å². The highest BCUT2D eigenvalue weighted by Crippen LogP contribution is 2.17. The van der Waals surface area contributed by atoms with Gasteiger partial charge in [0.05, 0.1) is 6.61 Å². The van der Waals surface area contributed by atoms with Gasteiger partial charge in [-0.3, -0.25) is 0 Å². The van der Waals surface area contributed by atoms with Gasteiger partial charge in [0.25, 0.3) is 0 Å². The number of aromatic amines is 1. The normalized spacial score (nSPS) is 10.1. The lowest BCUT2D eigenvalue weighted by atomic mass is 10.2. The monoisotopic (exact) mass is 246 g/mol. The molecule has 94 valence electrons. The number of hydrogen-bond acceptors (Lipinski definition) is 5. The number of aromatic nitrogens is 3. The summed E-state index contributed by atoms with van der Waals surface area (Å²) in [6.45, 7) is 4.05. The second kappa shape index (κ2) is 5.31.